The van der Waals surface area contributed by atoms with Gasteiger partial charge in [0.1, 0.15) is 5.82 Å². The quantitative estimate of drug-likeness (QED) is 0.595. The summed E-state index contributed by atoms with van der Waals surface area (Å²) in [6, 6.07) is 5.09. The molecule has 0 bridgehead atoms. The van der Waals surface area contributed by atoms with Crippen LogP contribution in [-0.2, 0) is 6.42 Å². The average Bonchev–Trinajstić information content (AvgIpc) is 2.63. The molecule has 1 heteroatoms. The Morgan fingerprint density at radius 2 is 2.07 bits per heavy atom. The van der Waals surface area contributed by atoms with Crippen LogP contribution in [0.1, 0.15) is 44.2 Å². The van der Waals surface area contributed by atoms with E-state index in [1.54, 1.807) is 12.1 Å². The number of halogens is 1. The van der Waals surface area contributed by atoms with Gasteiger partial charge in [0, 0.05) is 5.92 Å². The van der Waals surface area contributed by atoms with Crippen LogP contribution in [0.15, 0.2) is 30.4 Å². The monoisotopic (exact) mass is 206 g/mol. The van der Waals surface area contributed by atoms with Crippen LogP contribution >= 0.6 is 0 Å². The van der Waals surface area contributed by atoms with Crippen molar-refractivity contribution in [2.45, 2.75) is 39.5 Å². The summed E-state index contributed by atoms with van der Waals surface area (Å²) in [4.78, 5) is 0. The molecule has 0 aromatic heterocycles. The SMILES string of the molecule is C=C(C)C1CCc2ccc(F)cc21.CC. The van der Waals surface area contributed by atoms with Gasteiger partial charge in [0.05, 0.1) is 0 Å². The van der Waals surface area contributed by atoms with Crippen molar-refractivity contribution in [1.82, 2.24) is 0 Å². The molecule has 0 radical (unpaired) electrons. The lowest BCUT2D eigenvalue weighted by Crippen LogP contribution is -1.94. The van der Waals surface area contributed by atoms with Gasteiger partial charge in [-0.3, -0.25) is 0 Å². The highest BCUT2D eigenvalue weighted by Gasteiger charge is 2.22. The minimum atomic E-state index is -0.132. The molecular formula is C14H19F. The maximum Gasteiger partial charge on any atom is 0.123 e. The summed E-state index contributed by atoms with van der Waals surface area (Å²) in [5.41, 5.74) is 3.58. The predicted octanol–water partition coefficient (Wildman–Crippen LogP) is 4.46. The van der Waals surface area contributed by atoms with Crippen molar-refractivity contribution in [2.24, 2.45) is 0 Å². The van der Waals surface area contributed by atoms with Crippen molar-refractivity contribution in [3.05, 3.63) is 47.3 Å². The van der Waals surface area contributed by atoms with E-state index >= 15 is 0 Å². The van der Waals surface area contributed by atoms with Crippen molar-refractivity contribution in [2.75, 3.05) is 0 Å². The maximum absolute atomic E-state index is 13.0. The van der Waals surface area contributed by atoms with Gasteiger partial charge in [-0.2, -0.15) is 0 Å². The van der Waals surface area contributed by atoms with Crippen molar-refractivity contribution in [3.63, 3.8) is 0 Å². The smallest absolute Gasteiger partial charge is 0.123 e. The van der Waals surface area contributed by atoms with Crippen molar-refractivity contribution < 1.29 is 4.39 Å². The van der Waals surface area contributed by atoms with Crippen molar-refractivity contribution >= 4 is 0 Å². The zero-order chi connectivity index (χ0) is 11.4. The minimum Gasteiger partial charge on any atom is -0.207 e. The van der Waals surface area contributed by atoms with Crippen LogP contribution in [0.2, 0.25) is 0 Å². The normalized spacial score (nSPS) is 17.7. The van der Waals surface area contributed by atoms with Crippen LogP contribution in [-0.4, -0.2) is 0 Å². The van der Waals surface area contributed by atoms with Gasteiger partial charge in [-0.1, -0.05) is 32.1 Å². The average molecular weight is 206 g/mol. The maximum atomic E-state index is 13.0. The summed E-state index contributed by atoms with van der Waals surface area (Å²) in [6.45, 7) is 9.96. The molecule has 1 aromatic rings. The molecule has 0 saturated carbocycles. The molecule has 1 aliphatic rings. The molecule has 0 saturated heterocycles. The molecule has 0 aliphatic heterocycles. The summed E-state index contributed by atoms with van der Waals surface area (Å²) < 4.78 is 13.0. The van der Waals surface area contributed by atoms with Gasteiger partial charge in [0.15, 0.2) is 0 Å². The van der Waals surface area contributed by atoms with Crippen LogP contribution in [0.3, 0.4) is 0 Å². The summed E-state index contributed by atoms with van der Waals surface area (Å²) in [5.74, 6) is 0.248. The fourth-order valence-electron chi connectivity index (χ4n) is 2.09. The Morgan fingerprint density at radius 1 is 1.40 bits per heavy atom. The largest absolute Gasteiger partial charge is 0.207 e. The van der Waals surface area contributed by atoms with Crippen LogP contribution in [0.5, 0.6) is 0 Å². The summed E-state index contributed by atoms with van der Waals surface area (Å²) in [5, 5.41) is 0. The van der Waals surface area contributed by atoms with E-state index < -0.39 is 0 Å². The Morgan fingerprint density at radius 3 is 2.67 bits per heavy atom. The third-order valence-electron chi connectivity index (χ3n) is 2.78. The van der Waals surface area contributed by atoms with Gasteiger partial charge >= 0.3 is 0 Å². The molecule has 0 spiro atoms. The predicted molar refractivity (Wildman–Crippen MR) is 63.6 cm³/mol. The van der Waals surface area contributed by atoms with Gasteiger partial charge in [-0.05, 0) is 43.0 Å². The van der Waals surface area contributed by atoms with Gasteiger partial charge in [0.25, 0.3) is 0 Å². The molecule has 0 amide bonds. The van der Waals surface area contributed by atoms with Gasteiger partial charge in [0.2, 0.25) is 0 Å². The first kappa shape index (κ1) is 12.0. The lowest BCUT2D eigenvalue weighted by molar-refractivity contribution is 0.624. The van der Waals surface area contributed by atoms with Gasteiger partial charge in [-0.25, -0.2) is 4.39 Å². The molecular weight excluding hydrogens is 187 g/mol. The molecule has 0 heterocycles. The minimum absolute atomic E-state index is 0.132. The van der Waals surface area contributed by atoms with Crippen molar-refractivity contribution in [3.8, 4) is 0 Å². The third kappa shape index (κ3) is 2.47. The van der Waals surface area contributed by atoms with E-state index in [2.05, 4.69) is 6.58 Å². The molecule has 2 rings (SSSR count). The van der Waals surface area contributed by atoms with E-state index in [1.165, 1.54) is 5.56 Å². The Balaban J connectivity index is 0.000000531. The van der Waals surface area contributed by atoms with Gasteiger partial charge < -0.3 is 0 Å². The Labute approximate surface area is 91.8 Å². The molecule has 1 atom stereocenters. The van der Waals surface area contributed by atoms with Crippen molar-refractivity contribution in [1.29, 1.82) is 0 Å². The number of aryl methyl sites for hydroxylation is 1. The molecule has 1 aromatic carbocycles. The summed E-state index contributed by atoms with van der Waals surface area (Å²) in [7, 11) is 0. The molecule has 0 nitrogen and oxygen atoms in total. The number of hydrogen-bond acceptors (Lipinski definition) is 0. The van der Waals surface area contributed by atoms with E-state index in [-0.39, 0.29) is 5.82 Å². The molecule has 1 aliphatic carbocycles. The second-order valence-corrected chi connectivity index (χ2v) is 3.78. The zero-order valence-corrected chi connectivity index (χ0v) is 9.81. The van der Waals surface area contributed by atoms with Crippen LogP contribution in [0.4, 0.5) is 4.39 Å². The summed E-state index contributed by atoms with van der Waals surface area (Å²) >= 11 is 0. The van der Waals surface area contributed by atoms with E-state index in [4.69, 9.17) is 0 Å². The fraction of sp³-hybridized carbons (Fsp3) is 0.429. The Kier molecular flexibility index (Phi) is 4.07. The lowest BCUT2D eigenvalue weighted by Gasteiger charge is -2.10. The fourth-order valence-corrected chi connectivity index (χ4v) is 2.09. The molecule has 82 valence electrons. The Hall–Kier alpha value is -1.11. The van der Waals surface area contributed by atoms with Crippen LogP contribution < -0.4 is 0 Å². The number of hydrogen-bond donors (Lipinski definition) is 0. The van der Waals surface area contributed by atoms with Crippen LogP contribution in [0, 0.1) is 5.82 Å². The first-order valence-corrected chi connectivity index (χ1v) is 5.62. The van der Waals surface area contributed by atoms with Crippen LogP contribution in [0.25, 0.3) is 0 Å². The zero-order valence-electron chi connectivity index (χ0n) is 9.81. The first-order valence-electron chi connectivity index (χ1n) is 5.62. The lowest BCUT2D eigenvalue weighted by atomic mass is 9.95. The first-order chi connectivity index (χ1) is 7.18. The molecule has 15 heavy (non-hydrogen) atoms. The highest BCUT2D eigenvalue weighted by molar-refractivity contribution is 5.39. The highest BCUT2D eigenvalue weighted by atomic mass is 19.1. The summed E-state index contributed by atoms with van der Waals surface area (Å²) in [6.07, 6.45) is 2.15. The third-order valence-corrected chi connectivity index (χ3v) is 2.78. The number of allylic oxidation sites excluding steroid dienone is 1. The Bertz CT molecular complexity index is 352. The highest BCUT2D eigenvalue weighted by Crippen LogP contribution is 2.37. The number of fused-ring (bicyclic) bond motifs is 1. The number of benzene rings is 1. The van der Waals surface area contributed by atoms with E-state index in [1.807, 2.05) is 26.8 Å². The van der Waals surface area contributed by atoms with E-state index in [9.17, 15) is 4.39 Å². The topological polar surface area (TPSA) is 0 Å². The molecule has 1 unspecified atom stereocenters. The van der Waals surface area contributed by atoms with E-state index in [0.29, 0.717) is 5.92 Å². The molecule has 0 N–H and O–H groups in total. The standard InChI is InChI=1S/C12H13F.C2H6/c1-8(2)11-6-4-9-3-5-10(13)7-12(9)11;1-2/h3,5,7,11H,1,4,6H2,2H3;1-2H3. The second kappa shape index (κ2) is 5.11. The molecule has 0 fully saturated rings. The number of rotatable bonds is 1. The van der Waals surface area contributed by atoms with Gasteiger partial charge in [-0.15, -0.1) is 0 Å². The second-order valence-electron chi connectivity index (χ2n) is 3.78. The van der Waals surface area contributed by atoms with E-state index in [0.717, 1.165) is 24.0 Å².